The van der Waals surface area contributed by atoms with Crippen LogP contribution < -0.4 is 0 Å². The van der Waals surface area contributed by atoms with Gasteiger partial charge in [-0.2, -0.15) is 0 Å². The van der Waals surface area contributed by atoms with E-state index in [9.17, 15) is 9.59 Å². The molecule has 0 heterocycles. The van der Waals surface area contributed by atoms with Gasteiger partial charge in [0.05, 0.1) is 0 Å². The SMILES string of the molecule is O=C(O)CCCc1ccccc1.O=C(O)CCCc1ccccc1.[CH3-].[Pt]. The molecule has 2 N–H and O–H groups in total. The minimum Gasteiger partial charge on any atom is -0.481 e. The van der Waals surface area contributed by atoms with E-state index < -0.39 is 11.9 Å². The van der Waals surface area contributed by atoms with Crippen molar-refractivity contribution in [1.29, 1.82) is 0 Å². The van der Waals surface area contributed by atoms with E-state index in [2.05, 4.69) is 0 Å². The Labute approximate surface area is 170 Å². The molecule has 0 fully saturated rings. The molecule has 0 aliphatic carbocycles. The van der Waals surface area contributed by atoms with Gasteiger partial charge in [0.25, 0.3) is 0 Å². The number of aliphatic carboxylic acids is 2. The van der Waals surface area contributed by atoms with Crippen LogP contribution in [0.4, 0.5) is 0 Å². The Balaban J connectivity index is 0. The van der Waals surface area contributed by atoms with E-state index in [0.717, 1.165) is 25.7 Å². The minimum atomic E-state index is -0.717. The van der Waals surface area contributed by atoms with Crippen molar-refractivity contribution in [3.05, 3.63) is 79.2 Å². The van der Waals surface area contributed by atoms with Crippen LogP contribution in [0.5, 0.6) is 0 Å². The molecule has 0 aliphatic rings. The number of benzene rings is 2. The van der Waals surface area contributed by atoms with Crippen LogP contribution in [0.1, 0.15) is 36.8 Å². The molecule has 2 aromatic carbocycles. The van der Waals surface area contributed by atoms with Crippen LogP contribution in [-0.4, -0.2) is 22.2 Å². The molecule has 0 unspecified atom stereocenters. The molecule has 0 aromatic heterocycles. The molecule has 5 heteroatoms. The van der Waals surface area contributed by atoms with Gasteiger partial charge in [-0.3, -0.25) is 9.59 Å². The smallest absolute Gasteiger partial charge is 0.303 e. The number of carboxylic acid groups (broad SMARTS) is 2. The van der Waals surface area contributed by atoms with Crippen LogP contribution >= 0.6 is 0 Å². The number of hydrogen-bond donors (Lipinski definition) is 2. The van der Waals surface area contributed by atoms with Crippen LogP contribution in [0.15, 0.2) is 60.7 Å². The molecule has 0 bridgehead atoms. The maximum absolute atomic E-state index is 10.2. The average Bonchev–Trinajstić information content (AvgIpc) is 2.57. The van der Waals surface area contributed by atoms with Crippen molar-refractivity contribution in [3.8, 4) is 0 Å². The Kier molecular flexibility index (Phi) is 16.7. The number of rotatable bonds is 8. The fourth-order valence-corrected chi connectivity index (χ4v) is 2.18. The van der Waals surface area contributed by atoms with E-state index >= 15 is 0 Å². The third-order valence-corrected chi connectivity index (χ3v) is 3.40. The molecule has 26 heavy (non-hydrogen) atoms. The van der Waals surface area contributed by atoms with Gasteiger partial charge < -0.3 is 17.6 Å². The summed E-state index contributed by atoms with van der Waals surface area (Å²) in [6, 6.07) is 19.9. The van der Waals surface area contributed by atoms with E-state index in [0.29, 0.717) is 0 Å². The Morgan fingerprint density at radius 3 is 1.23 bits per heavy atom. The fourth-order valence-electron chi connectivity index (χ4n) is 2.18. The Morgan fingerprint density at radius 1 is 0.654 bits per heavy atom. The first kappa shape index (κ1) is 26.3. The zero-order chi connectivity index (χ0) is 17.6. The molecule has 0 saturated heterocycles. The number of aryl methyl sites for hydroxylation is 2. The van der Waals surface area contributed by atoms with Gasteiger partial charge in [-0.1, -0.05) is 60.7 Å². The zero-order valence-electron chi connectivity index (χ0n) is 15.0. The van der Waals surface area contributed by atoms with E-state index in [4.69, 9.17) is 10.2 Å². The summed E-state index contributed by atoms with van der Waals surface area (Å²) in [5.74, 6) is -1.43. The first-order chi connectivity index (χ1) is 11.6. The molecule has 0 aliphatic heterocycles. The minimum absolute atomic E-state index is 0. The molecule has 0 spiro atoms. The molecule has 0 saturated carbocycles. The Hall–Kier alpha value is -1.93. The molecule has 0 amide bonds. The summed E-state index contributed by atoms with van der Waals surface area (Å²) in [4.78, 5) is 20.4. The van der Waals surface area contributed by atoms with Crippen molar-refractivity contribution in [2.45, 2.75) is 38.5 Å². The fraction of sp³-hybridized carbons (Fsp3) is 0.286. The molecule has 0 radical (unpaired) electrons. The van der Waals surface area contributed by atoms with Gasteiger partial charge in [0.1, 0.15) is 0 Å². The maximum Gasteiger partial charge on any atom is 0.303 e. The van der Waals surface area contributed by atoms with E-state index in [-0.39, 0.29) is 41.3 Å². The second-order valence-electron chi connectivity index (χ2n) is 5.47. The van der Waals surface area contributed by atoms with Gasteiger partial charge in [0.2, 0.25) is 0 Å². The number of carbonyl (C=O) groups is 2. The van der Waals surface area contributed by atoms with Gasteiger partial charge >= 0.3 is 11.9 Å². The zero-order valence-corrected chi connectivity index (χ0v) is 17.3. The molecular formula is C21H27O4Pt-. The van der Waals surface area contributed by atoms with Crippen molar-refractivity contribution in [3.63, 3.8) is 0 Å². The van der Waals surface area contributed by atoms with Crippen molar-refractivity contribution in [1.82, 2.24) is 0 Å². The van der Waals surface area contributed by atoms with Gasteiger partial charge in [-0.25, -0.2) is 0 Å². The first-order valence-corrected chi connectivity index (χ1v) is 8.09. The van der Waals surface area contributed by atoms with Crippen molar-refractivity contribution in [2.24, 2.45) is 0 Å². The first-order valence-electron chi connectivity index (χ1n) is 8.09. The Bertz CT molecular complexity index is 544. The average molecular weight is 539 g/mol. The summed E-state index contributed by atoms with van der Waals surface area (Å²) >= 11 is 0. The summed E-state index contributed by atoms with van der Waals surface area (Å²) in [6.07, 6.45) is 3.67. The van der Waals surface area contributed by atoms with Crippen LogP contribution in [0.25, 0.3) is 0 Å². The summed E-state index contributed by atoms with van der Waals surface area (Å²) in [5.41, 5.74) is 2.41. The van der Waals surface area contributed by atoms with E-state index in [1.165, 1.54) is 11.1 Å². The monoisotopic (exact) mass is 538 g/mol. The maximum atomic E-state index is 10.2. The molecule has 2 aromatic rings. The topological polar surface area (TPSA) is 74.6 Å². The normalized spacial score (nSPS) is 8.92. The van der Waals surface area contributed by atoms with Crippen LogP contribution in [0, 0.1) is 7.43 Å². The number of hydrogen-bond acceptors (Lipinski definition) is 2. The van der Waals surface area contributed by atoms with Crippen LogP contribution in [0.2, 0.25) is 0 Å². The van der Waals surface area contributed by atoms with Crippen molar-refractivity contribution >= 4 is 11.9 Å². The standard InChI is InChI=1S/2C10H12O2.CH3.Pt/c2*11-10(12)8-4-7-9-5-2-1-3-6-9;;/h2*1-3,5-6H,4,7-8H2,(H,11,12);1H3;/q;;-1;. The second kappa shape index (κ2) is 16.5. The van der Waals surface area contributed by atoms with Crippen LogP contribution in [-0.2, 0) is 43.5 Å². The van der Waals surface area contributed by atoms with Gasteiger partial charge in [0, 0.05) is 33.9 Å². The van der Waals surface area contributed by atoms with Gasteiger partial charge in [-0.05, 0) is 36.8 Å². The van der Waals surface area contributed by atoms with Crippen molar-refractivity contribution in [2.75, 3.05) is 0 Å². The van der Waals surface area contributed by atoms with Gasteiger partial charge in [-0.15, -0.1) is 0 Å². The molecule has 146 valence electrons. The van der Waals surface area contributed by atoms with Crippen LogP contribution in [0.3, 0.4) is 0 Å². The molecule has 2 rings (SSSR count). The third kappa shape index (κ3) is 14.4. The number of carboxylic acids is 2. The van der Waals surface area contributed by atoms with E-state index in [1.54, 1.807) is 0 Å². The summed E-state index contributed by atoms with van der Waals surface area (Å²) in [5, 5.41) is 16.8. The predicted octanol–water partition coefficient (Wildman–Crippen LogP) is 4.64. The second-order valence-corrected chi connectivity index (χ2v) is 5.47. The molecule has 0 atom stereocenters. The third-order valence-electron chi connectivity index (χ3n) is 3.40. The van der Waals surface area contributed by atoms with Gasteiger partial charge in [0.15, 0.2) is 0 Å². The summed E-state index contributed by atoms with van der Waals surface area (Å²) in [6.45, 7) is 0. The summed E-state index contributed by atoms with van der Waals surface area (Å²) in [7, 11) is 0. The largest absolute Gasteiger partial charge is 0.481 e. The summed E-state index contributed by atoms with van der Waals surface area (Å²) < 4.78 is 0. The predicted molar refractivity (Wildman–Crippen MR) is 100 cm³/mol. The van der Waals surface area contributed by atoms with E-state index in [1.807, 2.05) is 60.7 Å². The van der Waals surface area contributed by atoms with Crippen molar-refractivity contribution < 1.29 is 40.9 Å². The quantitative estimate of drug-likeness (QED) is 0.481. The Morgan fingerprint density at radius 2 is 0.962 bits per heavy atom. The molecule has 4 nitrogen and oxygen atoms in total. The molecular weight excluding hydrogens is 511 g/mol.